The molecule has 3 aromatic rings. The molecule has 3 heterocycles. The van der Waals surface area contributed by atoms with Crippen LogP contribution in [0.5, 0.6) is 5.75 Å². The van der Waals surface area contributed by atoms with Crippen molar-refractivity contribution in [3.8, 4) is 5.75 Å². The lowest BCUT2D eigenvalue weighted by Crippen LogP contribution is -2.15. The second kappa shape index (κ2) is 6.21. The van der Waals surface area contributed by atoms with Gasteiger partial charge in [0.05, 0.1) is 17.9 Å². The molecule has 23 heavy (non-hydrogen) atoms. The molecule has 3 rings (SSSR count). The number of hydrogen-bond donors (Lipinski definition) is 1. The normalized spacial score (nSPS) is 10.7. The molecule has 0 fully saturated rings. The number of carbonyl (C=O) groups excluding carboxylic acids is 1. The molecule has 7 nitrogen and oxygen atoms in total. The fourth-order valence-corrected chi connectivity index (χ4v) is 2.26. The summed E-state index contributed by atoms with van der Waals surface area (Å²) in [5, 5.41) is 10.4. The molecule has 0 saturated heterocycles. The molecule has 0 unspecified atom stereocenters. The summed E-state index contributed by atoms with van der Waals surface area (Å²) in [5.74, 6) is 0.423. The number of amides is 1. The quantitative estimate of drug-likeness (QED) is 0.795. The summed E-state index contributed by atoms with van der Waals surface area (Å²) in [7, 11) is 0. The van der Waals surface area contributed by atoms with Crippen LogP contribution in [0.15, 0.2) is 30.6 Å². The maximum Gasteiger partial charge on any atom is 0.262 e. The van der Waals surface area contributed by atoms with Crippen molar-refractivity contribution in [3.05, 3.63) is 47.0 Å². The summed E-state index contributed by atoms with van der Waals surface area (Å²) < 4.78 is 7.34. The number of imidazole rings is 1. The zero-order valence-corrected chi connectivity index (χ0v) is 13.3. The summed E-state index contributed by atoms with van der Waals surface area (Å²) >= 11 is 5.68. The average Bonchev–Trinajstić information content (AvgIpc) is 2.88. The molecule has 0 aliphatic heterocycles. The third-order valence-electron chi connectivity index (χ3n) is 3.09. The van der Waals surface area contributed by atoms with Gasteiger partial charge in [-0.25, -0.2) is 4.98 Å². The molecule has 1 N–H and O–H groups in total. The fourth-order valence-electron chi connectivity index (χ4n) is 2.15. The molecule has 0 saturated carbocycles. The molecular weight excluding hydrogens is 318 g/mol. The number of nitrogens with zero attached hydrogens (tertiary/aromatic N) is 4. The van der Waals surface area contributed by atoms with Crippen molar-refractivity contribution in [2.45, 2.75) is 13.8 Å². The van der Waals surface area contributed by atoms with E-state index in [-0.39, 0.29) is 11.1 Å². The molecule has 118 valence electrons. The molecule has 0 aromatic carbocycles. The Morgan fingerprint density at radius 2 is 2.17 bits per heavy atom. The van der Waals surface area contributed by atoms with E-state index in [2.05, 4.69) is 20.5 Å². The molecule has 0 atom stereocenters. The first-order valence-corrected chi connectivity index (χ1v) is 7.37. The Bertz CT molecular complexity index is 860. The van der Waals surface area contributed by atoms with Crippen LogP contribution in [0.4, 0.5) is 5.82 Å². The molecule has 1 amide bonds. The number of halogens is 1. The standard InChI is InChI=1S/C15H14ClN5O2/c1-3-23-11-6-14-17-9(2)7-21(14)8-10(11)15(22)18-13-5-4-12(16)19-20-13/h4-8H,3H2,1-2H3,(H,18,20,22). The Hall–Kier alpha value is -2.67. The van der Waals surface area contributed by atoms with Gasteiger partial charge in [-0.1, -0.05) is 11.6 Å². The minimum atomic E-state index is -0.349. The van der Waals surface area contributed by atoms with Gasteiger partial charge in [0.2, 0.25) is 0 Å². The number of aryl methyl sites for hydroxylation is 1. The summed E-state index contributed by atoms with van der Waals surface area (Å²) in [6.45, 7) is 4.18. The Labute approximate surface area is 137 Å². The van der Waals surface area contributed by atoms with Crippen LogP contribution in [0.2, 0.25) is 5.15 Å². The number of pyridine rings is 1. The van der Waals surface area contributed by atoms with Gasteiger partial charge in [0, 0.05) is 18.5 Å². The lowest BCUT2D eigenvalue weighted by Gasteiger charge is -2.11. The van der Waals surface area contributed by atoms with Crippen molar-refractivity contribution in [2.75, 3.05) is 11.9 Å². The summed E-state index contributed by atoms with van der Waals surface area (Å²) in [6, 6.07) is 4.86. The monoisotopic (exact) mass is 331 g/mol. The fraction of sp³-hybridized carbons (Fsp3) is 0.200. The van der Waals surface area contributed by atoms with Gasteiger partial charge in [-0.15, -0.1) is 10.2 Å². The third-order valence-corrected chi connectivity index (χ3v) is 3.29. The van der Waals surface area contributed by atoms with Crippen molar-refractivity contribution in [3.63, 3.8) is 0 Å². The van der Waals surface area contributed by atoms with Gasteiger partial charge >= 0.3 is 0 Å². The molecule has 0 radical (unpaired) electrons. The van der Waals surface area contributed by atoms with Gasteiger partial charge in [0.25, 0.3) is 5.91 Å². The molecule has 0 aliphatic rings. The topological polar surface area (TPSA) is 81.4 Å². The smallest absolute Gasteiger partial charge is 0.262 e. The van der Waals surface area contributed by atoms with E-state index < -0.39 is 0 Å². The van der Waals surface area contributed by atoms with E-state index >= 15 is 0 Å². The van der Waals surface area contributed by atoms with Crippen LogP contribution in [0.3, 0.4) is 0 Å². The highest BCUT2D eigenvalue weighted by Gasteiger charge is 2.16. The minimum absolute atomic E-state index is 0.258. The van der Waals surface area contributed by atoms with Gasteiger partial charge < -0.3 is 14.5 Å². The van der Waals surface area contributed by atoms with Crippen molar-refractivity contribution in [1.29, 1.82) is 0 Å². The summed E-state index contributed by atoms with van der Waals surface area (Å²) in [4.78, 5) is 16.9. The number of rotatable bonds is 4. The van der Waals surface area contributed by atoms with Crippen molar-refractivity contribution in [1.82, 2.24) is 19.6 Å². The van der Waals surface area contributed by atoms with E-state index in [1.54, 1.807) is 28.8 Å². The van der Waals surface area contributed by atoms with Gasteiger partial charge in [-0.05, 0) is 26.0 Å². The van der Waals surface area contributed by atoms with Gasteiger partial charge in [-0.2, -0.15) is 0 Å². The van der Waals surface area contributed by atoms with Crippen LogP contribution in [-0.4, -0.2) is 32.1 Å². The van der Waals surface area contributed by atoms with Gasteiger partial charge in [0.15, 0.2) is 11.0 Å². The Morgan fingerprint density at radius 1 is 1.35 bits per heavy atom. The number of aromatic nitrogens is 4. The largest absolute Gasteiger partial charge is 0.493 e. The Balaban J connectivity index is 1.97. The molecular formula is C15H14ClN5O2. The Kier molecular flexibility index (Phi) is 4.12. The Morgan fingerprint density at radius 3 is 2.87 bits per heavy atom. The van der Waals surface area contributed by atoms with Gasteiger partial charge in [-0.3, -0.25) is 4.79 Å². The van der Waals surface area contributed by atoms with E-state index in [9.17, 15) is 4.79 Å². The molecule has 0 aliphatic carbocycles. The molecule has 3 aromatic heterocycles. The highest BCUT2D eigenvalue weighted by Crippen LogP contribution is 2.22. The summed E-state index contributed by atoms with van der Waals surface area (Å²) in [6.07, 6.45) is 3.52. The third kappa shape index (κ3) is 3.24. The predicted molar refractivity (Wildman–Crippen MR) is 86.1 cm³/mol. The van der Waals surface area contributed by atoms with Gasteiger partial charge in [0.1, 0.15) is 11.4 Å². The van der Waals surface area contributed by atoms with E-state index in [1.807, 2.05) is 20.0 Å². The zero-order valence-electron chi connectivity index (χ0n) is 12.6. The second-order valence-electron chi connectivity index (χ2n) is 4.83. The first-order valence-electron chi connectivity index (χ1n) is 6.99. The van der Waals surface area contributed by atoms with Crippen molar-refractivity contribution < 1.29 is 9.53 Å². The SMILES string of the molecule is CCOc1cc2nc(C)cn2cc1C(=O)Nc1ccc(Cl)nn1. The van der Waals surface area contributed by atoms with E-state index in [1.165, 1.54) is 0 Å². The molecule has 0 spiro atoms. The molecule has 0 bridgehead atoms. The lowest BCUT2D eigenvalue weighted by molar-refractivity contribution is 0.102. The van der Waals surface area contributed by atoms with E-state index in [4.69, 9.17) is 16.3 Å². The van der Waals surface area contributed by atoms with E-state index in [0.29, 0.717) is 29.4 Å². The van der Waals surface area contributed by atoms with E-state index in [0.717, 1.165) is 5.69 Å². The summed E-state index contributed by atoms with van der Waals surface area (Å²) in [5.41, 5.74) is 1.95. The predicted octanol–water partition coefficient (Wildman–Crippen LogP) is 2.74. The number of anilines is 1. The van der Waals surface area contributed by atoms with Crippen LogP contribution >= 0.6 is 11.6 Å². The van der Waals surface area contributed by atoms with Crippen LogP contribution < -0.4 is 10.1 Å². The van der Waals surface area contributed by atoms with Crippen LogP contribution in [0, 0.1) is 6.92 Å². The van der Waals surface area contributed by atoms with Crippen LogP contribution in [0.25, 0.3) is 5.65 Å². The highest BCUT2D eigenvalue weighted by molar-refractivity contribution is 6.29. The minimum Gasteiger partial charge on any atom is -0.493 e. The first kappa shape index (κ1) is 15.2. The number of ether oxygens (including phenoxy) is 1. The lowest BCUT2D eigenvalue weighted by atomic mass is 10.2. The molecule has 8 heteroatoms. The first-order chi connectivity index (χ1) is 11.1. The van der Waals surface area contributed by atoms with Crippen LogP contribution in [-0.2, 0) is 0 Å². The van der Waals surface area contributed by atoms with Crippen LogP contribution in [0.1, 0.15) is 23.0 Å². The highest BCUT2D eigenvalue weighted by atomic mass is 35.5. The number of carbonyl (C=O) groups is 1. The maximum absolute atomic E-state index is 12.5. The number of fused-ring (bicyclic) bond motifs is 1. The zero-order chi connectivity index (χ0) is 16.4. The number of nitrogens with one attached hydrogen (secondary N) is 1. The maximum atomic E-state index is 12.5. The average molecular weight is 332 g/mol. The second-order valence-corrected chi connectivity index (χ2v) is 5.21. The van der Waals surface area contributed by atoms with Crippen molar-refractivity contribution >= 4 is 29.0 Å². The number of hydrogen-bond acceptors (Lipinski definition) is 5. The van der Waals surface area contributed by atoms with Crippen molar-refractivity contribution in [2.24, 2.45) is 0 Å².